The van der Waals surface area contributed by atoms with Crippen LogP contribution in [0.5, 0.6) is 0 Å². The fourth-order valence-corrected chi connectivity index (χ4v) is 3.21. The zero-order valence-electron chi connectivity index (χ0n) is 17.1. The Morgan fingerprint density at radius 2 is 1.84 bits per heavy atom. The van der Waals surface area contributed by atoms with E-state index in [0.29, 0.717) is 25.7 Å². The first kappa shape index (κ1) is 22.7. The van der Waals surface area contributed by atoms with Gasteiger partial charge in [0, 0.05) is 32.7 Å². The van der Waals surface area contributed by atoms with Gasteiger partial charge in [0.05, 0.1) is 18.3 Å². The Morgan fingerprint density at radius 1 is 1.13 bits per heavy atom. The van der Waals surface area contributed by atoms with Gasteiger partial charge < -0.3 is 10.6 Å². The average molecular weight is 440 g/mol. The lowest BCUT2D eigenvalue weighted by atomic mass is 10.2. The van der Waals surface area contributed by atoms with Gasteiger partial charge in [0.2, 0.25) is 11.8 Å². The molecule has 2 N–H and O–H groups in total. The minimum Gasteiger partial charge on any atom is -0.346 e. The molecule has 2 amide bonds. The molecule has 168 valence electrons. The molecule has 1 aromatic heterocycles. The number of hydrogen-bond acceptors (Lipinski definition) is 7. The molecule has 0 spiro atoms. The summed E-state index contributed by atoms with van der Waals surface area (Å²) in [7, 11) is 0. The predicted molar refractivity (Wildman–Crippen MR) is 103 cm³/mol. The molecular formula is C19H23F3N6O3. The highest BCUT2D eigenvalue weighted by atomic mass is 19.2. The Labute approximate surface area is 176 Å². The van der Waals surface area contributed by atoms with E-state index in [9.17, 15) is 22.8 Å². The van der Waals surface area contributed by atoms with E-state index in [4.69, 9.17) is 4.63 Å². The van der Waals surface area contributed by atoms with Gasteiger partial charge in [-0.25, -0.2) is 17.8 Å². The number of aryl methyl sites for hydroxylation is 1. The summed E-state index contributed by atoms with van der Waals surface area (Å²) in [5, 5.41) is 12.2. The van der Waals surface area contributed by atoms with Crippen molar-refractivity contribution in [1.29, 1.82) is 0 Å². The van der Waals surface area contributed by atoms with E-state index in [1.807, 2.05) is 11.8 Å². The van der Waals surface area contributed by atoms with Crippen LogP contribution >= 0.6 is 0 Å². The van der Waals surface area contributed by atoms with Crippen LogP contribution in [0.15, 0.2) is 16.8 Å². The van der Waals surface area contributed by atoms with Gasteiger partial charge in [-0.15, -0.1) is 0 Å². The number of nitrogens with zero attached hydrogens (tertiary/aromatic N) is 4. The molecule has 1 fully saturated rings. The highest BCUT2D eigenvalue weighted by Crippen LogP contribution is 2.19. The lowest BCUT2D eigenvalue weighted by Crippen LogP contribution is -2.54. The zero-order chi connectivity index (χ0) is 22.5. The molecule has 3 rings (SSSR count). The van der Waals surface area contributed by atoms with Gasteiger partial charge in [0.25, 0.3) is 0 Å². The van der Waals surface area contributed by atoms with Crippen molar-refractivity contribution in [2.75, 3.05) is 38.0 Å². The number of rotatable bonds is 7. The van der Waals surface area contributed by atoms with Gasteiger partial charge in [-0.2, -0.15) is 0 Å². The standard InChI is InChI=1S/C19H23F3N6O3/c1-11-15(26-31-25-11)10-27-5-7-28(8-6-27)12(2)19(30)23-9-16(29)24-14-4-3-13(20)17(21)18(14)22/h3-4,12H,5-10H2,1-2H3,(H,23,30)(H,24,29)/t12-/m0/s1. The highest BCUT2D eigenvalue weighted by molar-refractivity contribution is 5.95. The fraction of sp³-hybridized carbons (Fsp3) is 0.474. The van der Waals surface area contributed by atoms with E-state index in [0.717, 1.165) is 30.5 Å². The molecule has 1 aliphatic heterocycles. The molecule has 0 saturated carbocycles. The van der Waals surface area contributed by atoms with Crippen LogP contribution in [0, 0.1) is 24.4 Å². The van der Waals surface area contributed by atoms with Crippen LogP contribution in [0.1, 0.15) is 18.3 Å². The van der Waals surface area contributed by atoms with Crippen molar-refractivity contribution in [2.24, 2.45) is 0 Å². The van der Waals surface area contributed by atoms with Crippen molar-refractivity contribution >= 4 is 17.5 Å². The quantitative estimate of drug-likeness (QED) is 0.621. The van der Waals surface area contributed by atoms with Crippen LogP contribution in [0.2, 0.25) is 0 Å². The maximum absolute atomic E-state index is 13.6. The van der Waals surface area contributed by atoms with Crippen LogP contribution in [-0.4, -0.2) is 70.7 Å². The van der Waals surface area contributed by atoms with E-state index in [1.165, 1.54) is 0 Å². The summed E-state index contributed by atoms with van der Waals surface area (Å²) in [5.74, 6) is -5.66. The second-order valence-electron chi connectivity index (χ2n) is 7.27. The smallest absolute Gasteiger partial charge is 0.243 e. The molecule has 12 heteroatoms. The van der Waals surface area contributed by atoms with Crippen molar-refractivity contribution in [3.8, 4) is 0 Å². The summed E-state index contributed by atoms with van der Waals surface area (Å²) in [5.41, 5.74) is 1.03. The summed E-state index contributed by atoms with van der Waals surface area (Å²) >= 11 is 0. The molecule has 1 saturated heterocycles. The molecule has 2 heterocycles. The molecule has 0 bridgehead atoms. The maximum atomic E-state index is 13.6. The van der Waals surface area contributed by atoms with Gasteiger partial charge in [0.15, 0.2) is 17.5 Å². The van der Waals surface area contributed by atoms with Crippen molar-refractivity contribution < 1.29 is 27.4 Å². The van der Waals surface area contributed by atoms with Crippen molar-refractivity contribution in [1.82, 2.24) is 25.4 Å². The number of hydrogen-bond donors (Lipinski definition) is 2. The number of amides is 2. The third kappa shape index (κ3) is 5.58. The Bertz CT molecular complexity index is 946. The van der Waals surface area contributed by atoms with E-state index in [2.05, 4.69) is 25.8 Å². The zero-order valence-corrected chi connectivity index (χ0v) is 17.1. The Hall–Kier alpha value is -2.99. The van der Waals surface area contributed by atoms with Crippen molar-refractivity contribution in [2.45, 2.75) is 26.4 Å². The lowest BCUT2D eigenvalue weighted by Gasteiger charge is -2.37. The largest absolute Gasteiger partial charge is 0.346 e. The highest BCUT2D eigenvalue weighted by Gasteiger charge is 2.26. The van der Waals surface area contributed by atoms with Crippen LogP contribution < -0.4 is 10.6 Å². The third-order valence-corrected chi connectivity index (χ3v) is 5.19. The molecule has 9 nitrogen and oxygen atoms in total. The predicted octanol–water partition coefficient (Wildman–Crippen LogP) is 1.06. The fourth-order valence-electron chi connectivity index (χ4n) is 3.21. The van der Waals surface area contributed by atoms with Gasteiger partial charge in [-0.1, -0.05) is 10.3 Å². The molecule has 1 aliphatic rings. The molecular weight excluding hydrogens is 417 g/mol. The Balaban J connectivity index is 1.43. The number of carbonyl (C=O) groups excluding carboxylic acids is 2. The summed E-state index contributed by atoms with van der Waals surface area (Å²) in [6.07, 6.45) is 0. The number of nitrogens with one attached hydrogen (secondary N) is 2. The van der Waals surface area contributed by atoms with Crippen LogP contribution in [-0.2, 0) is 16.1 Å². The normalized spacial score (nSPS) is 16.2. The summed E-state index contributed by atoms with van der Waals surface area (Å²) in [4.78, 5) is 28.5. The minimum absolute atomic E-state index is 0.370. The molecule has 0 unspecified atom stereocenters. The summed E-state index contributed by atoms with van der Waals surface area (Å²) < 4.78 is 44.5. The topological polar surface area (TPSA) is 104 Å². The monoisotopic (exact) mass is 440 g/mol. The van der Waals surface area contributed by atoms with Crippen LogP contribution in [0.25, 0.3) is 0 Å². The number of anilines is 1. The number of halogens is 3. The second-order valence-corrected chi connectivity index (χ2v) is 7.27. The first-order valence-electron chi connectivity index (χ1n) is 9.71. The van der Waals surface area contributed by atoms with Crippen molar-refractivity contribution in [3.63, 3.8) is 0 Å². The van der Waals surface area contributed by atoms with Crippen molar-refractivity contribution in [3.05, 3.63) is 41.0 Å². The van der Waals surface area contributed by atoms with E-state index in [-0.39, 0.29) is 5.91 Å². The number of aromatic nitrogens is 2. The van der Waals surface area contributed by atoms with E-state index >= 15 is 0 Å². The molecule has 0 radical (unpaired) electrons. The first-order valence-corrected chi connectivity index (χ1v) is 9.71. The Morgan fingerprint density at radius 3 is 2.48 bits per heavy atom. The van der Waals surface area contributed by atoms with Crippen LogP contribution in [0.4, 0.5) is 18.9 Å². The van der Waals surface area contributed by atoms with Crippen LogP contribution in [0.3, 0.4) is 0 Å². The average Bonchev–Trinajstić information content (AvgIpc) is 3.16. The molecule has 1 atom stereocenters. The molecule has 0 aliphatic carbocycles. The number of benzene rings is 1. The first-order chi connectivity index (χ1) is 14.8. The minimum atomic E-state index is -1.68. The van der Waals surface area contributed by atoms with Gasteiger partial charge in [-0.3, -0.25) is 19.4 Å². The number of carbonyl (C=O) groups is 2. The summed E-state index contributed by atoms with van der Waals surface area (Å²) in [6.45, 7) is 6.47. The molecule has 2 aromatic rings. The Kier molecular flexibility index (Phi) is 7.23. The number of piperazine rings is 1. The van der Waals surface area contributed by atoms with Gasteiger partial charge in [0.1, 0.15) is 11.4 Å². The maximum Gasteiger partial charge on any atom is 0.243 e. The molecule has 31 heavy (non-hydrogen) atoms. The van der Waals surface area contributed by atoms with E-state index in [1.54, 1.807) is 6.92 Å². The van der Waals surface area contributed by atoms with E-state index < -0.39 is 41.6 Å². The van der Waals surface area contributed by atoms with Gasteiger partial charge >= 0.3 is 0 Å². The van der Waals surface area contributed by atoms with Gasteiger partial charge in [-0.05, 0) is 26.0 Å². The summed E-state index contributed by atoms with van der Waals surface area (Å²) in [6, 6.07) is 1.13. The third-order valence-electron chi connectivity index (χ3n) is 5.19. The second kappa shape index (κ2) is 9.88. The molecule has 1 aromatic carbocycles. The lowest BCUT2D eigenvalue weighted by molar-refractivity contribution is -0.128. The SMILES string of the molecule is Cc1nonc1CN1CCN([C@@H](C)C(=O)NCC(=O)Nc2ccc(F)c(F)c2F)CC1.